The largest absolute Gasteiger partial charge is 0.368 e. The van der Waals surface area contributed by atoms with E-state index >= 15 is 0 Å². The summed E-state index contributed by atoms with van der Waals surface area (Å²) in [6.45, 7) is 5.46. The Kier molecular flexibility index (Phi) is 4.66. The summed E-state index contributed by atoms with van der Waals surface area (Å²) in [5, 5.41) is 1.09. The molecule has 28 heavy (non-hydrogen) atoms. The van der Waals surface area contributed by atoms with E-state index in [9.17, 15) is 9.59 Å². The summed E-state index contributed by atoms with van der Waals surface area (Å²) in [6.07, 6.45) is 5.29. The Labute approximate surface area is 163 Å². The number of carbonyl (C=O) groups is 2. The van der Waals surface area contributed by atoms with Crippen LogP contribution in [0.15, 0.2) is 30.6 Å². The van der Waals surface area contributed by atoms with Crippen molar-refractivity contribution in [1.29, 1.82) is 0 Å². The van der Waals surface area contributed by atoms with Crippen molar-refractivity contribution >= 4 is 22.7 Å². The second kappa shape index (κ2) is 7.14. The lowest BCUT2D eigenvalue weighted by Gasteiger charge is -2.32. The van der Waals surface area contributed by atoms with Gasteiger partial charge in [-0.1, -0.05) is 11.6 Å². The number of carbonyl (C=O) groups excluding carboxylic acids is 2. The number of nitrogens with one attached hydrogen (secondary N) is 1. The van der Waals surface area contributed by atoms with Gasteiger partial charge in [-0.15, -0.1) is 0 Å². The van der Waals surface area contributed by atoms with Crippen molar-refractivity contribution in [2.75, 3.05) is 13.1 Å². The fourth-order valence-electron chi connectivity index (χ4n) is 4.17. The molecule has 3 aromatic rings. The molecule has 1 aliphatic heterocycles. The molecule has 0 bridgehead atoms. The molecule has 0 spiro atoms. The van der Waals surface area contributed by atoms with Crippen molar-refractivity contribution in [2.24, 2.45) is 5.73 Å². The van der Waals surface area contributed by atoms with Gasteiger partial charge in [-0.2, -0.15) is 0 Å². The summed E-state index contributed by atoms with van der Waals surface area (Å²) in [5.74, 6) is 0.537. The van der Waals surface area contributed by atoms with Crippen LogP contribution in [-0.4, -0.2) is 44.3 Å². The SMILES string of the molecule is Cc1ccc2[nH]c(C(=O)N3CCCC(c4nccn4CC(N)=O)C3)c(C)c2c1. The quantitative estimate of drug-likeness (QED) is 0.729. The highest BCUT2D eigenvalue weighted by molar-refractivity contribution is 6.01. The summed E-state index contributed by atoms with van der Waals surface area (Å²) in [6, 6.07) is 6.17. The Bertz CT molecular complexity index is 1050. The standard InChI is InChI=1S/C21H25N5O2/c1-13-5-6-17-16(10-13)14(2)19(24-17)21(28)26-8-3-4-15(11-26)20-23-7-9-25(20)12-18(22)27/h5-7,9-10,15,24H,3-4,8,11-12H2,1-2H3,(H2,22,27). The van der Waals surface area contributed by atoms with Crippen LogP contribution in [0.4, 0.5) is 0 Å². The van der Waals surface area contributed by atoms with E-state index in [0.29, 0.717) is 12.2 Å². The highest BCUT2D eigenvalue weighted by Crippen LogP contribution is 2.29. The van der Waals surface area contributed by atoms with Gasteiger partial charge in [-0.3, -0.25) is 9.59 Å². The van der Waals surface area contributed by atoms with Crippen LogP contribution < -0.4 is 5.73 Å². The van der Waals surface area contributed by atoms with Crippen molar-refractivity contribution in [3.8, 4) is 0 Å². The van der Waals surface area contributed by atoms with Crippen LogP contribution in [0.5, 0.6) is 0 Å². The maximum absolute atomic E-state index is 13.2. The molecule has 146 valence electrons. The number of primary amides is 1. The average molecular weight is 379 g/mol. The number of aromatic nitrogens is 3. The highest BCUT2D eigenvalue weighted by atomic mass is 16.2. The molecule has 0 radical (unpaired) electrons. The lowest BCUT2D eigenvalue weighted by atomic mass is 9.96. The maximum Gasteiger partial charge on any atom is 0.270 e. The second-order valence-corrected chi connectivity index (χ2v) is 7.64. The van der Waals surface area contributed by atoms with Gasteiger partial charge in [0.25, 0.3) is 5.91 Å². The van der Waals surface area contributed by atoms with Crippen molar-refractivity contribution in [3.05, 3.63) is 53.2 Å². The van der Waals surface area contributed by atoms with E-state index in [1.54, 1.807) is 17.0 Å². The first-order chi connectivity index (χ1) is 13.4. The minimum Gasteiger partial charge on any atom is -0.368 e. The van der Waals surface area contributed by atoms with Gasteiger partial charge < -0.3 is 20.2 Å². The van der Waals surface area contributed by atoms with Crippen LogP contribution in [0.2, 0.25) is 0 Å². The first-order valence-electron chi connectivity index (χ1n) is 9.61. The molecular formula is C21H25N5O2. The molecule has 4 rings (SSSR count). The fraction of sp³-hybridized carbons (Fsp3) is 0.381. The predicted octanol–water partition coefficient (Wildman–Crippen LogP) is 2.49. The lowest BCUT2D eigenvalue weighted by Crippen LogP contribution is -2.40. The van der Waals surface area contributed by atoms with Crippen molar-refractivity contribution < 1.29 is 9.59 Å². The minimum atomic E-state index is -0.396. The number of likely N-dealkylation sites (tertiary alicyclic amines) is 1. The molecule has 1 atom stereocenters. The summed E-state index contributed by atoms with van der Waals surface area (Å²) < 4.78 is 1.79. The van der Waals surface area contributed by atoms with Gasteiger partial charge in [0.1, 0.15) is 18.1 Å². The monoisotopic (exact) mass is 379 g/mol. The van der Waals surface area contributed by atoms with E-state index in [-0.39, 0.29) is 18.4 Å². The van der Waals surface area contributed by atoms with E-state index in [0.717, 1.165) is 41.7 Å². The van der Waals surface area contributed by atoms with Gasteiger partial charge in [-0.05, 0) is 44.4 Å². The van der Waals surface area contributed by atoms with E-state index in [2.05, 4.69) is 23.0 Å². The van der Waals surface area contributed by atoms with Crippen LogP contribution in [0.3, 0.4) is 0 Å². The van der Waals surface area contributed by atoms with Gasteiger partial charge >= 0.3 is 0 Å². The molecule has 0 saturated carbocycles. The number of aryl methyl sites for hydroxylation is 2. The number of amides is 2. The molecule has 0 aliphatic carbocycles. The molecule has 1 unspecified atom stereocenters. The zero-order chi connectivity index (χ0) is 19.8. The van der Waals surface area contributed by atoms with Gasteiger partial charge in [0.15, 0.2) is 0 Å². The lowest BCUT2D eigenvalue weighted by molar-refractivity contribution is -0.118. The molecule has 7 heteroatoms. The molecular weight excluding hydrogens is 354 g/mol. The molecule has 2 amide bonds. The summed E-state index contributed by atoms with van der Waals surface area (Å²) >= 11 is 0. The number of aromatic amines is 1. The van der Waals surface area contributed by atoms with Crippen LogP contribution in [0.1, 0.15) is 46.2 Å². The number of hydrogen-bond donors (Lipinski definition) is 2. The van der Waals surface area contributed by atoms with Gasteiger partial charge in [0.05, 0.1) is 0 Å². The molecule has 2 aromatic heterocycles. The molecule has 1 saturated heterocycles. The van der Waals surface area contributed by atoms with Gasteiger partial charge in [0.2, 0.25) is 5.91 Å². The van der Waals surface area contributed by atoms with Crippen LogP contribution in [-0.2, 0) is 11.3 Å². The number of hydrogen-bond acceptors (Lipinski definition) is 3. The smallest absolute Gasteiger partial charge is 0.270 e. The van der Waals surface area contributed by atoms with Crippen molar-refractivity contribution in [3.63, 3.8) is 0 Å². The number of benzene rings is 1. The number of fused-ring (bicyclic) bond motifs is 1. The third-order valence-corrected chi connectivity index (χ3v) is 5.58. The van der Waals surface area contributed by atoms with Gasteiger partial charge in [0, 0.05) is 42.3 Å². The summed E-state index contributed by atoms with van der Waals surface area (Å²) in [4.78, 5) is 34.2. The zero-order valence-electron chi connectivity index (χ0n) is 16.2. The van der Waals surface area contributed by atoms with Crippen LogP contribution in [0, 0.1) is 13.8 Å². The highest BCUT2D eigenvalue weighted by Gasteiger charge is 2.29. The summed E-state index contributed by atoms with van der Waals surface area (Å²) in [7, 11) is 0. The first-order valence-corrected chi connectivity index (χ1v) is 9.61. The average Bonchev–Trinajstić information content (AvgIpc) is 3.25. The molecule has 1 aliphatic rings. The Hall–Kier alpha value is -3.09. The maximum atomic E-state index is 13.2. The molecule has 7 nitrogen and oxygen atoms in total. The van der Waals surface area contributed by atoms with E-state index in [1.807, 2.05) is 24.0 Å². The Balaban J connectivity index is 1.58. The Morgan fingerprint density at radius 3 is 2.93 bits per heavy atom. The van der Waals surface area contributed by atoms with Crippen molar-refractivity contribution in [2.45, 2.75) is 39.2 Å². The van der Waals surface area contributed by atoms with Gasteiger partial charge in [-0.25, -0.2) is 4.98 Å². The van der Waals surface area contributed by atoms with Crippen molar-refractivity contribution in [1.82, 2.24) is 19.4 Å². The number of piperidine rings is 1. The molecule has 3 heterocycles. The third-order valence-electron chi connectivity index (χ3n) is 5.58. The topological polar surface area (TPSA) is 97.0 Å². The minimum absolute atomic E-state index is 0.0176. The number of nitrogens with zero attached hydrogens (tertiary/aromatic N) is 3. The Morgan fingerprint density at radius 2 is 2.14 bits per heavy atom. The molecule has 3 N–H and O–H groups in total. The number of H-pyrrole nitrogens is 1. The normalized spacial score (nSPS) is 17.2. The fourth-order valence-corrected chi connectivity index (χ4v) is 4.17. The number of rotatable bonds is 4. The van der Waals surface area contributed by atoms with E-state index in [1.165, 1.54) is 5.56 Å². The predicted molar refractivity (Wildman–Crippen MR) is 107 cm³/mol. The Morgan fingerprint density at radius 1 is 1.32 bits per heavy atom. The molecule has 1 aromatic carbocycles. The summed E-state index contributed by atoms with van der Waals surface area (Å²) in [5.41, 5.74) is 9.14. The number of imidazole rings is 1. The first kappa shape index (κ1) is 18.3. The second-order valence-electron chi connectivity index (χ2n) is 7.64. The van der Waals surface area contributed by atoms with E-state index < -0.39 is 5.91 Å². The van der Waals surface area contributed by atoms with E-state index in [4.69, 9.17) is 5.73 Å². The van der Waals surface area contributed by atoms with Crippen LogP contribution >= 0.6 is 0 Å². The zero-order valence-corrected chi connectivity index (χ0v) is 16.2. The third kappa shape index (κ3) is 3.28. The van der Waals surface area contributed by atoms with Crippen LogP contribution in [0.25, 0.3) is 10.9 Å². The number of nitrogens with two attached hydrogens (primary N) is 1. The molecule has 1 fully saturated rings.